The van der Waals surface area contributed by atoms with Gasteiger partial charge in [-0.2, -0.15) is 15.0 Å². The van der Waals surface area contributed by atoms with Gasteiger partial charge in [0.2, 0.25) is 11.9 Å². The van der Waals surface area contributed by atoms with Crippen LogP contribution in [0.3, 0.4) is 0 Å². The number of aromatic nitrogens is 3. The summed E-state index contributed by atoms with van der Waals surface area (Å²) >= 11 is 0. The molecule has 1 aromatic heterocycles. The van der Waals surface area contributed by atoms with Crippen LogP contribution in [0.4, 0.5) is 22.0 Å². The smallest absolute Gasteiger partial charge is 0.232 e. The Morgan fingerprint density at radius 3 is 2.60 bits per heavy atom. The molecule has 25 heavy (non-hydrogen) atoms. The van der Waals surface area contributed by atoms with Crippen LogP contribution in [0, 0.1) is 11.7 Å². The van der Waals surface area contributed by atoms with Gasteiger partial charge in [-0.15, -0.1) is 0 Å². The van der Waals surface area contributed by atoms with Crippen LogP contribution in [0.15, 0.2) is 24.3 Å². The van der Waals surface area contributed by atoms with Crippen molar-refractivity contribution in [2.75, 3.05) is 24.1 Å². The van der Waals surface area contributed by atoms with Gasteiger partial charge in [-0.05, 0) is 63.5 Å². The van der Waals surface area contributed by atoms with E-state index in [0.717, 1.165) is 13.0 Å². The predicted molar refractivity (Wildman–Crippen MR) is 95.6 cm³/mol. The van der Waals surface area contributed by atoms with Gasteiger partial charge >= 0.3 is 0 Å². The average molecular weight is 345 g/mol. The largest absolute Gasteiger partial charge is 0.368 e. The number of anilines is 3. The summed E-state index contributed by atoms with van der Waals surface area (Å²) in [5, 5.41) is 3.03. The average Bonchev–Trinajstić information content (AvgIpc) is 2.83. The van der Waals surface area contributed by atoms with Gasteiger partial charge in [0.25, 0.3) is 0 Å². The van der Waals surface area contributed by atoms with Crippen LogP contribution in [0.2, 0.25) is 0 Å². The summed E-state index contributed by atoms with van der Waals surface area (Å²) in [5.41, 5.74) is 12.4. The Morgan fingerprint density at radius 1 is 1.24 bits per heavy atom. The van der Waals surface area contributed by atoms with Gasteiger partial charge in [0, 0.05) is 11.2 Å². The fourth-order valence-electron chi connectivity index (χ4n) is 3.30. The maximum atomic E-state index is 13.0. The van der Waals surface area contributed by atoms with Crippen molar-refractivity contribution in [2.45, 2.75) is 32.4 Å². The lowest BCUT2D eigenvalue weighted by molar-refractivity contribution is 0.130. The fraction of sp³-hybridized carbons (Fsp3) is 0.471. The molecule has 1 atom stereocenters. The van der Waals surface area contributed by atoms with Gasteiger partial charge < -0.3 is 16.8 Å². The van der Waals surface area contributed by atoms with Gasteiger partial charge in [-0.1, -0.05) is 0 Å². The highest BCUT2D eigenvalue weighted by Crippen LogP contribution is 2.34. The molecule has 0 spiro atoms. The molecule has 2 heterocycles. The molecule has 1 aliphatic heterocycles. The van der Waals surface area contributed by atoms with Crippen molar-refractivity contribution in [3.63, 3.8) is 0 Å². The summed E-state index contributed by atoms with van der Waals surface area (Å²) in [5.74, 6) is 1.25. The number of halogens is 1. The maximum Gasteiger partial charge on any atom is 0.232 e. The van der Waals surface area contributed by atoms with E-state index in [9.17, 15) is 4.39 Å². The van der Waals surface area contributed by atoms with E-state index in [-0.39, 0.29) is 17.3 Å². The monoisotopic (exact) mass is 345 g/mol. The van der Waals surface area contributed by atoms with Gasteiger partial charge in [0.05, 0.1) is 6.54 Å². The number of nitrogens with two attached hydrogens (primary N) is 2. The van der Waals surface area contributed by atoms with E-state index in [1.807, 2.05) is 0 Å². The number of rotatable bonds is 5. The third-order valence-corrected chi connectivity index (χ3v) is 4.98. The normalized spacial score (nSPS) is 19.9. The van der Waals surface area contributed by atoms with E-state index in [4.69, 9.17) is 11.5 Å². The topological polar surface area (TPSA) is 106 Å². The predicted octanol–water partition coefficient (Wildman–Crippen LogP) is 1.90. The first-order valence-corrected chi connectivity index (χ1v) is 8.36. The minimum atomic E-state index is -0.299. The second-order valence-electron chi connectivity index (χ2n) is 6.86. The number of nitrogens with one attached hydrogen (secondary N) is 1. The van der Waals surface area contributed by atoms with Crippen molar-refractivity contribution < 1.29 is 4.39 Å². The third-order valence-electron chi connectivity index (χ3n) is 4.98. The van der Waals surface area contributed by atoms with Gasteiger partial charge in [0.15, 0.2) is 0 Å². The summed E-state index contributed by atoms with van der Waals surface area (Å²) in [6.45, 7) is 6.58. The lowest BCUT2D eigenvalue weighted by Gasteiger charge is -2.35. The molecule has 2 aromatic rings. The number of hydrogen-bond donors (Lipinski definition) is 3. The molecular formula is C17H24FN7. The molecular weight excluding hydrogens is 321 g/mol. The molecule has 5 N–H and O–H groups in total. The number of nitrogen functional groups attached to an aromatic ring is 1. The molecule has 1 saturated heterocycles. The minimum absolute atomic E-state index is 0.0132. The van der Waals surface area contributed by atoms with Crippen LogP contribution in [-0.4, -0.2) is 38.5 Å². The first-order valence-electron chi connectivity index (χ1n) is 8.36. The van der Waals surface area contributed by atoms with Crippen LogP contribution in [0.1, 0.15) is 26.1 Å². The van der Waals surface area contributed by atoms with Crippen molar-refractivity contribution in [3.8, 4) is 0 Å². The first kappa shape index (κ1) is 17.5. The molecule has 134 valence electrons. The SMILES string of the molecule is CC1(C)C(CN)CCN1Cc1nc(N)nc(Nc2ccc(F)cc2)n1. The second-order valence-corrected chi connectivity index (χ2v) is 6.86. The summed E-state index contributed by atoms with van der Waals surface area (Å²) in [6, 6.07) is 5.97. The van der Waals surface area contributed by atoms with Crippen molar-refractivity contribution in [2.24, 2.45) is 11.7 Å². The Kier molecular flexibility index (Phi) is 4.82. The highest BCUT2D eigenvalue weighted by Gasteiger charge is 2.40. The van der Waals surface area contributed by atoms with E-state index in [0.29, 0.717) is 36.5 Å². The van der Waals surface area contributed by atoms with Crippen LogP contribution >= 0.6 is 0 Å². The zero-order valence-electron chi connectivity index (χ0n) is 14.5. The summed E-state index contributed by atoms with van der Waals surface area (Å²) < 4.78 is 13.0. The summed E-state index contributed by atoms with van der Waals surface area (Å²) in [6.07, 6.45) is 1.06. The van der Waals surface area contributed by atoms with Gasteiger partial charge in [0.1, 0.15) is 11.6 Å². The molecule has 1 fully saturated rings. The molecule has 0 radical (unpaired) electrons. The Balaban J connectivity index is 1.77. The van der Waals surface area contributed by atoms with E-state index in [2.05, 4.69) is 39.0 Å². The van der Waals surface area contributed by atoms with Crippen LogP contribution < -0.4 is 16.8 Å². The highest BCUT2D eigenvalue weighted by molar-refractivity contribution is 5.53. The molecule has 1 aliphatic rings. The lowest BCUT2D eigenvalue weighted by atomic mass is 9.88. The number of likely N-dealkylation sites (tertiary alicyclic amines) is 1. The van der Waals surface area contributed by atoms with Crippen molar-refractivity contribution in [1.29, 1.82) is 0 Å². The Hall–Kier alpha value is -2.32. The molecule has 0 amide bonds. The number of benzene rings is 1. The molecule has 1 aromatic carbocycles. The minimum Gasteiger partial charge on any atom is -0.368 e. The molecule has 3 rings (SSSR count). The molecule has 0 bridgehead atoms. The van der Waals surface area contributed by atoms with Crippen LogP contribution in [0.25, 0.3) is 0 Å². The Morgan fingerprint density at radius 2 is 1.96 bits per heavy atom. The molecule has 8 heteroatoms. The molecule has 0 saturated carbocycles. The Bertz CT molecular complexity index is 732. The molecule has 0 aliphatic carbocycles. The van der Waals surface area contributed by atoms with Crippen molar-refractivity contribution in [1.82, 2.24) is 19.9 Å². The van der Waals surface area contributed by atoms with Crippen molar-refractivity contribution in [3.05, 3.63) is 35.9 Å². The van der Waals surface area contributed by atoms with Crippen molar-refractivity contribution >= 4 is 17.6 Å². The molecule has 1 unspecified atom stereocenters. The first-order chi connectivity index (χ1) is 11.9. The Labute approximate surface area is 146 Å². The van der Waals surface area contributed by atoms with Crippen LogP contribution in [-0.2, 0) is 6.54 Å². The zero-order chi connectivity index (χ0) is 18.0. The van der Waals surface area contributed by atoms with Gasteiger partial charge in [-0.25, -0.2) is 4.39 Å². The van der Waals surface area contributed by atoms with Gasteiger partial charge in [-0.3, -0.25) is 4.90 Å². The van der Waals surface area contributed by atoms with Crippen LogP contribution in [0.5, 0.6) is 0 Å². The zero-order valence-corrected chi connectivity index (χ0v) is 14.5. The fourth-order valence-corrected chi connectivity index (χ4v) is 3.30. The third kappa shape index (κ3) is 3.85. The van der Waals surface area contributed by atoms with E-state index < -0.39 is 0 Å². The summed E-state index contributed by atoms with van der Waals surface area (Å²) in [7, 11) is 0. The van der Waals surface area contributed by atoms with E-state index >= 15 is 0 Å². The highest BCUT2D eigenvalue weighted by atomic mass is 19.1. The summed E-state index contributed by atoms with van der Waals surface area (Å²) in [4.78, 5) is 15.1. The number of nitrogens with zero attached hydrogens (tertiary/aromatic N) is 4. The number of hydrogen-bond acceptors (Lipinski definition) is 7. The standard InChI is InChI=1S/C17H24FN7/c1-17(2)11(9-19)7-8-25(17)10-14-22-15(20)24-16(23-14)21-13-5-3-12(18)4-6-13/h3-6,11H,7-10,19H2,1-2H3,(H3,20,21,22,23,24). The molecule has 7 nitrogen and oxygen atoms in total. The maximum absolute atomic E-state index is 13.0. The van der Waals surface area contributed by atoms with E-state index in [1.54, 1.807) is 12.1 Å². The lowest BCUT2D eigenvalue weighted by Crippen LogP contribution is -2.44. The van der Waals surface area contributed by atoms with E-state index in [1.165, 1.54) is 12.1 Å². The second kappa shape index (κ2) is 6.89. The quantitative estimate of drug-likeness (QED) is 0.760.